The molecule has 2 aliphatic rings. The Hall–Kier alpha value is -0.870. The number of hydrogen-bond donors (Lipinski definition) is 0. The van der Waals surface area contributed by atoms with Gasteiger partial charge in [0.1, 0.15) is 0 Å². The lowest BCUT2D eigenvalue weighted by Crippen LogP contribution is -2.31. The number of hydrogen-bond acceptors (Lipinski definition) is 2. The monoisotopic (exact) mass is 337 g/mol. The van der Waals surface area contributed by atoms with E-state index < -0.39 is 0 Å². The van der Waals surface area contributed by atoms with Gasteiger partial charge in [0.05, 0.1) is 10.9 Å². The summed E-state index contributed by atoms with van der Waals surface area (Å²) in [6, 6.07) is 6.42. The molecule has 0 saturated carbocycles. The van der Waals surface area contributed by atoms with Gasteiger partial charge in [-0.1, -0.05) is 28.1 Å². The highest BCUT2D eigenvalue weighted by Gasteiger charge is 2.26. The minimum atomic E-state index is 0.205. The van der Waals surface area contributed by atoms with Crippen molar-refractivity contribution in [2.45, 2.75) is 43.0 Å². The molecule has 0 N–H and O–H groups in total. The Morgan fingerprint density at radius 3 is 2.95 bits per heavy atom. The van der Waals surface area contributed by atoms with Crippen molar-refractivity contribution in [2.75, 3.05) is 18.6 Å². The standard InChI is InChI=1S/C16H20BrNO2/c1-18-13-7-5-12(10-11(13)6-8-15(18)19)16(17)14-4-2-3-9-20-14/h5,7,10,14,16H,2-4,6,8-9H2,1H3. The molecule has 2 aliphatic heterocycles. The highest BCUT2D eigenvalue weighted by molar-refractivity contribution is 9.09. The van der Waals surface area contributed by atoms with E-state index in [1.807, 2.05) is 7.05 Å². The van der Waals surface area contributed by atoms with Crippen LogP contribution in [0.4, 0.5) is 5.69 Å². The average molecular weight is 338 g/mol. The summed E-state index contributed by atoms with van der Waals surface area (Å²) >= 11 is 3.80. The van der Waals surface area contributed by atoms with E-state index in [0.717, 1.165) is 25.1 Å². The molecule has 2 unspecified atom stereocenters. The molecule has 0 radical (unpaired) electrons. The Kier molecular flexibility index (Phi) is 4.13. The third kappa shape index (κ3) is 2.63. The largest absolute Gasteiger partial charge is 0.377 e. The number of anilines is 1. The van der Waals surface area contributed by atoms with E-state index in [4.69, 9.17) is 4.74 Å². The SMILES string of the molecule is CN1C(=O)CCc2cc(C(Br)C3CCCCO3)ccc21. The van der Waals surface area contributed by atoms with Gasteiger partial charge in [0, 0.05) is 25.8 Å². The molecule has 1 fully saturated rings. The van der Waals surface area contributed by atoms with Crippen LogP contribution in [0, 0.1) is 0 Å². The van der Waals surface area contributed by atoms with Crippen molar-refractivity contribution in [3.8, 4) is 0 Å². The molecule has 1 aromatic rings. The van der Waals surface area contributed by atoms with Crippen LogP contribution in [0.3, 0.4) is 0 Å². The number of nitrogens with zero attached hydrogens (tertiary/aromatic N) is 1. The number of benzene rings is 1. The maximum Gasteiger partial charge on any atom is 0.227 e. The maximum absolute atomic E-state index is 11.7. The molecule has 0 aromatic heterocycles. The van der Waals surface area contributed by atoms with Gasteiger partial charge >= 0.3 is 0 Å². The summed E-state index contributed by atoms with van der Waals surface area (Å²) < 4.78 is 5.86. The summed E-state index contributed by atoms with van der Waals surface area (Å²) in [5.74, 6) is 0.205. The molecule has 20 heavy (non-hydrogen) atoms. The van der Waals surface area contributed by atoms with Crippen LogP contribution >= 0.6 is 15.9 Å². The summed E-state index contributed by atoms with van der Waals surface area (Å²) in [6.07, 6.45) is 5.26. The zero-order valence-corrected chi connectivity index (χ0v) is 13.4. The van der Waals surface area contributed by atoms with E-state index in [0.29, 0.717) is 6.42 Å². The summed E-state index contributed by atoms with van der Waals surface area (Å²) in [6.45, 7) is 0.870. The highest BCUT2D eigenvalue weighted by atomic mass is 79.9. The van der Waals surface area contributed by atoms with Gasteiger partial charge in [-0.3, -0.25) is 4.79 Å². The molecule has 3 rings (SSSR count). The third-order valence-corrected chi connectivity index (χ3v) is 5.43. The van der Waals surface area contributed by atoms with Crippen LogP contribution in [0.1, 0.15) is 41.6 Å². The fraction of sp³-hybridized carbons (Fsp3) is 0.562. The van der Waals surface area contributed by atoms with Crippen molar-refractivity contribution in [3.05, 3.63) is 29.3 Å². The fourth-order valence-electron chi connectivity index (χ4n) is 3.06. The zero-order valence-electron chi connectivity index (χ0n) is 11.8. The number of alkyl halides is 1. The molecule has 3 nitrogen and oxygen atoms in total. The second-order valence-electron chi connectivity index (χ2n) is 5.65. The predicted octanol–water partition coefficient (Wildman–Crippen LogP) is 3.60. The number of halogens is 1. The molecule has 1 saturated heterocycles. The number of fused-ring (bicyclic) bond motifs is 1. The molecule has 0 bridgehead atoms. The third-order valence-electron chi connectivity index (χ3n) is 4.31. The molecular weight excluding hydrogens is 318 g/mol. The Labute approximate surface area is 128 Å². The zero-order chi connectivity index (χ0) is 14.1. The molecule has 0 spiro atoms. The number of amides is 1. The van der Waals surface area contributed by atoms with Gasteiger partial charge in [0.2, 0.25) is 5.91 Å². The van der Waals surface area contributed by atoms with Crippen molar-refractivity contribution >= 4 is 27.5 Å². The van der Waals surface area contributed by atoms with Crippen LogP contribution in [0.15, 0.2) is 18.2 Å². The van der Waals surface area contributed by atoms with Gasteiger partial charge in [0.15, 0.2) is 0 Å². The normalized spacial score (nSPS) is 24.4. The lowest BCUT2D eigenvalue weighted by Gasteiger charge is -2.29. The first kappa shape index (κ1) is 14.1. The first-order chi connectivity index (χ1) is 9.66. The molecule has 1 aromatic carbocycles. The van der Waals surface area contributed by atoms with Crippen LogP contribution in [0.2, 0.25) is 0 Å². The van der Waals surface area contributed by atoms with E-state index in [-0.39, 0.29) is 16.8 Å². The Bertz CT molecular complexity index is 511. The molecule has 108 valence electrons. The van der Waals surface area contributed by atoms with E-state index in [1.54, 1.807) is 4.90 Å². The highest BCUT2D eigenvalue weighted by Crippen LogP contribution is 2.36. The van der Waals surface area contributed by atoms with Crippen molar-refractivity contribution in [1.82, 2.24) is 0 Å². The van der Waals surface area contributed by atoms with Crippen LogP contribution in [0.5, 0.6) is 0 Å². The van der Waals surface area contributed by atoms with Gasteiger partial charge in [-0.2, -0.15) is 0 Å². The number of ether oxygens (including phenoxy) is 1. The topological polar surface area (TPSA) is 29.5 Å². The lowest BCUT2D eigenvalue weighted by atomic mass is 9.95. The summed E-state index contributed by atoms with van der Waals surface area (Å²) in [5, 5.41) is 0. The molecule has 4 heteroatoms. The van der Waals surface area contributed by atoms with Crippen molar-refractivity contribution in [2.24, 2.45) is 0 Å². The summed E-state index contributed by atoms with van der Waals surface area (Å²) in [7, 11) is 1.86. The lowest BCUT2D eigenvalue weighted by molar-refractivity contribution is -0.118. The summed E-state index contributed by atoms with van der Waals surface area (Å²) in [4.78, 5) is 13.7. The van der Waals surface area contributed by atoms with Crippen LogP contribution in [-0.4, -0.2) is 25.7 Å². The van der Waals surface area contributed by atoms with Crippen molar-refractivity contribution in [1.29, 1.82) is 0 Å². The molecular formula is C16H20BrNO2. The quantitative estimate of drug-likeness (QED) is 0.771. The van der Waals surface area contributed by atoms with E-state index >= 15 is 0 Å². The molecule has 0 aliphatic carbocycles. The number of carbonyl (C=O) groups excluding carboxylic acids is 1. The van der Waals surface area contributed by atoms with E-state index in [1.165, 1.54) is 24.0 Å². The molecule has 2 heterocycles. The first-order valence-corrected chi connectivity index (χ1v) is 8.23. The van der Waals surface area contributed by atoms with E-state index in [9.17, 15) is 4.79 Å². The average Bonchev–Trinajstić information content (AvgIpc) is 2.51. The predicted molar refractivity (Wildman–Crippen MR) is 83.4 cm³/mol. The Morgan fingerprint density at radius 2 is 2.20 bits per heavy atom. The van der Waals surface area contributed by atoms with Crippen LogP contribution in [0.25, 0.3) is 0 Å². The van der Waals surface area contributed by atoms with Crippen LogP contribution < -0.4 is 4.90 Å². The number of carbonyl (C=O) groups is 1. The maximum atomic E-state index is 11.7. The van der Waals surface area contributed by atoms with Gasteiger partial charge in [-0.15, -0.1) is 0 Å². The smallest absolute Gasteiger partial charge is 0.227 e. The Balaban J connectivity index is 1.83. The minimum absolute atomic E-state index is 0.205. The number of aryl methyl sites for hydroxylation is 1. The minimum Gasteiger partial charge on any atom is -0.377 e. The van der Waals surface area contributed by atoms with Gasteiger partial charge < -0.3 is 9.64 Å². The molecule has 2 atom stereocenters. The van der Waals surface area contributed by atoms with Gasteiger partial charge in [-0.25, -0.2) is 0 Å². The van der Waals surface area contributed by atoms with Crippen molar-refractivity contribution < 1.29 is 9.53 Å². The van der Waals surface area contributed by atoms with Crippen LogP contribution in [-0.2, 0) is 16.0 Å². The van der Waals surface area contributed by atoms with Gasteiger partial charge in [-0.05, 0) is 42.9 Å². The second kappa shape index (κ2) is 5.86. The van der Waals surface area contributed by atoms with Gasteiger partial charge in [0.25, 0.3) is 0 Å². The van der Waals surface area contributed by atoms with E-state index in [2.05, 4.69) is 34.1 Å². The Morgan fingerprint density at radius 1 is 1.35 bits per heavy atom. The summed E-state index contributed by atoms with van der Waals surface area (Å²) in [5.41, 5.74) is 3.58. The fourth-order valence-corrected chi connectivity index (χ4v) is 3.76. The van der Waals surface area contributed by atoms with Crippen molar-refractivity contribution in [3.63, 3.8) is 0 Å². The first-order valence-electron chi connectivity index (χ1n) is 7.32. The second-order valence-corrected chi connectivity index (χ2v) is 6.63. The molecule has 1 amide bonds. The number of rotatable bonds is 2.